The second-order valence-corrected chi connectivity index (χ2v) is 9.96. The van der Waals surface area contributed by atoms with E-state index >= 15 is 0 Å². The summed E-state index contributed by atoms with van der Waals surface area (Å²) in [6.45, 7) is 1.11. The molecule has 31 heavy (non-hydrogen) atoms. The maximum atomic E-state index is 13.5. The van der Waals surface area contributed by atoms with Crippen LogP contribution in [0.4, 0.5) is 0 Å². The van der Waals surface area contributed by atoms with Gasteiger partial charge in [-0.15, -0.1) is 0 Å². The minimum atomic E-state index is -3.68. The Morgan fingerprint density at radius 1 is 0.968 bits per heavy atom. The van der Waals surface area contributed by atoms with Crippen molar-refractivity contribution in [1.82, 2.24) is 14.2 Å². The molecule has 1 fully saturated rings. The number of nitrogens with zero attached hydrogens (tertiary/aromatic N) is 3. The van der Waals surface area contributed by atoms with Gasteiger partial charge in [-0.2, -0.15) is 4.31 Å². The minimum Gasteiger partial charge on any atom is -0.340 e. The van der Waals surface area contributed by atoms with Crippen LogP contribution in [0.3, 0.4) is 0 Å². The number of carbonyl (C=O) groups is 1. The van der Waals surface area contributed by atoms with Crippen molar-refractivity contribution < 1.29 is 13.2 Å². The molecule has 1 spiro atoms. The Morgan fingerprint density at radius 3 is 2.48 bits per heavy atom. The first-order valence-electron chi connectivity index (χ1n) is 10.3. The topological polar surface area (TPSA) is 70.6 Å². The highest BCUT2D eigenvalue weighted by Gasteiger charge is 2.57. The molecule has 3 heterocycles. The number of aromatic nitrogens is 1. The highest BCUT2D eigenvalue weighted by molar-refractivity contribution is 7.89. The number of likely N-dealkylation sites (tertiary alicyclic amines) is 1. The second kappa shape index (κ2) is 7.59. The molecule has 0 saturated carbocycles. The molecule has 0 aliphatic carbocycles. The molecule has 2 aliphatic heterocycles. The summed E-state index contributed by atoms with van der Waals surface area (Å²) in [5, 5.41) is 0. The van der Waals surface area contributed by atoms with Crippen LogP contribution in [0.1, 0.15) is 23.1 Å². The van der Waals surface area contributed by atoms with Gasteiger partial charge in [-0.25, -0.2) is 8.42 Å². The van der Waals surface area contributed by atoms with Crippen LogP contribution >= 0.6 is 0 Å². The smallest absolute Gasteiger partial charge is 0.244 e. The number of pyridine rings is 1. The molecule has 0 bridgehead atoms. The van der Waals surface area contributed by atoms with Crippen LogP contribution < -0.4 is 0 Å². The Kier molecular flexibility index (Phi) is 4.87. The Labute approximate surface area is 182 Å². The van der Waals surface area contributed by atoms with Crippen molar-refractivity contribution in [1.29, 1.82) is 0 Å². The zero-order chi connectivity index (χ0) is 21.5. The van der Waals surface area contributed by atoms with Crippen molar-refractivity contribution in [2.24, 2.45) is 0 Å². The van der Waals surface area contributed by atoms with Gasteiger partial charge in [-0.05, 0) is 35.2 Å². The number of rotatable bonds is 4. The average molecular weight is 434 g/mol. The number of fused-ring (bicyclic) bond motifs is 2. The molecule has 6 nitrogen and oxygen atoms in total. The van der Waals surface area contributed by atoms with Crippen LogP contribution in [0.5, 0.6) is 0 Å². The first-order valence-corrected chi connectivity index (χ1v) is 11.8. The quantitative estimate of drug-likeness (QED) is 0.634. The molecule has 2 aliphatic rings. The van der Waals surface area contributed by atoms with Gasteiger partial charge in [0.1, 0.15) is 0 Å². The van der Waals surface area contributed by atoms with Crippen LogP contribution in [0.2, 0.25) is 0 Å². The van der Waals surface area contributed by atoms with Crippen LogP contribution in [-0.2, 0) is 33.3 Å². The lowest BCUT2D eigenvalue weighted by atomic mass is 9.88. The minimum absolute atomic E-state index is 0.0196. The SMILES string of the molecule is O=C(Cc1ccccc1)N1CCC2(C1)c1ccccc1S(=O)(=O)N2Cc1cccnc1. The Morgan fingerprint density at radius 2 is 1.71 bits per heavy atom. The van der Waals surface area contributed by atoms with Gasteiger partial charge in [0.15, 0.2) is 0 Å². The van der Waals surface area contributed by atoms with Gasteiger partial charge in [-0.3, -0.25) is 9.78 Å². The first-order chi connectivity index (χ1) is 15.0. The largest absolute Gasteiger partial charge is 0.340 e. The molecule has 1 aromatic heterocycles. The van der Waals surface area contributed by atoms with E-state index in [0.717, 1.165) is 16.7 Å². The Hall–Kier alpha value is -3.03. The van der Waals surface area contributed by atoms with Crippen molar-refractivity contribution in [3.05, 3.63) is 95.8 Å². The fraction of sp³-hybridized carbons (Fsp3) is 0.250. The molecular formula is C24H23N3O3S. The Balaban J connectivity index is 1.50. The summed E-state index contributed by atoms with van der Waals surface area (Å²) in [4.78, 5) is 19.3. The van der Waals surface area contributed by atoms with Crippen molar-refractivity contribution in [3.63, 3.8) is 0 Å². The molecule has 1 atom stereocenters. The van der Waals surface area contributed by atoms with Gasteiger partial charge in [0.2, 0.25) is 15.9 Å². The second-order valence-electron chi connectivity index (χ2n) is 8.13. The van der Waals surface area contributed by atoms with E-state index in [0.29, 0.717) is 30.8 Å². The van der Waals surface area contributed by atoms with Crippen molar-refractivity contribution in [2.75, 3.05) is 13.1 Å². The fourth-order valence-electron chi connectivity index (χ4n) is 4.77. The van der Waals surface area contributed by atoms with E-state index in [1.807, 2.05) is 54.6 Å². The lowest BCUT2D eigenvalue weighted by Gasteiger charge is -2.34. The highest BCUT2D eigenvalue weighted by Crippen LogP contribution is 2.50. The van der Waals surface area contributed by atoms with Crippen molar-refractivity contribution in [2.45, 2.75) is 29.8 Å². The number of hydrogen-bond donors (Lipinski definition) is 0. The third kappa shape index (κ3) is 3.34. The number of amides is 1. The molecule has 5 rings (SSSR count). The summed E-state index contributed by atoms with van der Waals surface area (Å²) < 4.78 is 28.6. The molecule has 7 heteroatoms. The molecule has 1 unspecified atom stereocenters. The zero-order valence-electron chi connectivity index (χ0n) is 17.0. The van der Waals surface area contributed by atoms with E-state index in [4.69, 9.17) is 0 Å². The number of hydrogen-bond acceptors (Lipinski definition) is 4. The van der Waals surface area contributed by atoms with Crippen LogP contribution in [0, 0.1) is 0 Å². The average Bonchev–Trinajstić information content (AvgIpc) is 3.31. The summed E-state index contributed by atoms with van der Waals surface area (Å²) in [7, 11) is -3.68. The lowest BCUT2D eigenvalue weighted by Crippen LogP contribution is -2.46. The summed E-state index contributed by atoms with van der Waals surface area (Å²) in [6, 6.07) is 20.5. The van der Waals surface area contributed by atoms with Gasteiger partial charge < -0.3 is 4.90 Å². The number of sulfonamides is 1. The van der Waals surface area contributed by atoms with Gasteiger partial charge in [0.05, 0.1) is 16.9 Å². The third-order valence-corrected chi connectivity index (χ3v) is 8.25. The van der Waals surface area contributed by atoms with E-state index < -0.39 is 15.6 Å². The van der Waals surface area contributed by atoms with Crippen molar-refractivity contribution in [3.8, 4) is 0 Å². The van der Waals surface area contributed by atoms with E-state index in [9.17, 15) is 13.2 Å². The third-order valence-electron chi connectivity index (χ3n) is 6.28. The normalized spacial score (nSPS) is 22.0. The lowest BCUT2D eigenvalue weighted by molar-refractivity contribution is -0.129. The summed E-state index contributed by atoms with van der Waals surface area (Å²) >= 11 is 0. The van der Waals surface area contributed by atoms with E-state index in [1.54, 1.807) is 33.7 Å². The predicted octanol–water partition coefficient (Wildman–Crippen LogP) is 2.96. The fourth-order valence-corrected chi connectivity index (χ4v) is 6.82. The monoisotopic (exact) mass is 433 g/mol. The number of benzene rings is 2. The first kappa shape index (κ1) is 19.9. The molecule has 0 radical (unpaired) electrons. The molecule has 1 saturated heterocycles. The molecular weight excluding hydrogens is 410 g/mol. The number of carbonyl (C=O) groups excluding carboxylic acids is 1. The van der Waals surface area contributed by atoms with Crippen LogP contribution in [0.15, 0.2) is 84.0 Å². The summed E-state index contributed by atoms with van der Waals surface area (Å²) in [5.41, 5.74) is 1.82. The van der Waals surface area contributed by atoms with Gasteiger partial charge >= 0.3 is 0 Å². The maximum Gasteiger partial charge on any atom is 0.244 e. The summed E-state index contributed by atoms with van der Waals surface area (Å²) in [6.07, 6.45) is 4.25. The van der Waals surface area contributed by atoms with Crippen LogP contribution in [0.25, 0.3) is 0 Å². The maximum absolute atomic E-state index is 13.5. The highest BCUT2D eigenvalue weighted by atomic mass is 32.2. The van der Waals surface area contributed by atoms with Crippen LogP contribution in [-0.4, -0.2) is 41.6 Å². The standard InChI is InChI=1S/C24H23N3O3S/c28-23(15-19-7-2-1-3-8-19)26-14-12-24(18-26)21-10-4-5-11-22(21)31(29,30)27(24)17-20-9-6-13-25-16-20/h1-11,13,16H,12,14-15,17-18H2. The molecule has 2 aromatic carbocycles. The molecule has 158 valence electrons. The molecule has 0 N–H and O–H groups in total. The summed E-state index contributed by atoms with van der Waals surface area (Å²) in [5.74, 6) is 0.0196. The van der Waals surface area contributed by atoms with E-state index in [1.165, 1.54) is 0 Å². The molecule has 3 aromatic rings. The van der Waals surface area contributed by atoms with E-state index in [-0.39, 0.29) is 12.5 Å². The molecule has 1 amide bonds. The predicted molar refractivity (Wildman–Crippen MR) is 116 cm³/mol. The van der Waals surface area contributed by atoms with Gasteiger partial charge in [0, 0.05) is 32.0 Å². The van der Waals surface area contributed by atoms with Gasteiger partial charge in [-0.1, -0.05) is 54.6 Å². The Bertz CT molecular complexity index is 1220. The zero-order valence-corrected chi connectivity index (χ0v) is 17.8. The van der Waals surface area contributed by atoms with Crippen molar-refractivity contribution >= 4 is 15.9 Å². The van der Waals surface area contributed by atoms with Gasteiger partial charge in [0.25, 0.3) is 0 Å². The van der Waals surface area contributed by atoms with E-state index in [2.05, 4.69) is 4.98 Å².